The van der Waals surface area contributed by atoms with Gasteiger partial charge in [-0.25, -0.2) is 0 Å². The van der Waals surface area contributed by atoms with Gasteiger partial charge < -0.3 is 0 Å². The van der Waals surface area contributed by atoms with Gasteiger partial charge in [-0.2, -0.15) is 0 Å². The first-order valence-corrected chi connectivity index (χ1v) is 3.17. The van der Waals surface area contributed by atoms with Crippen LogP contribution in [0.5, 0.6) is 0 Å². The Morgan fingerprint density at radius 3 is 2.33 bits per heavy atom. The molecule has 0 nitrogen and oxygen atoms in total. The van der Waals surface area contributed by atoms with Gasteiger partial charge in [0.25, 0.3) is 0 Å². The number of allylic oxidation sites excluding steroid dienone is 3. The summed E-state index contributed by atoms with van der Waals surface area (Å²) < 4.78 is 0. The van der Waals surface area contributed by atoms with Crippen molar-refractivity contribution in [1.29, 1.82) is 0 Å². The molecule has 0 amide bonds. The van der Waals surface area contributed by atoms with E-state index in [1.54, 1.807) is 0 Å². The first-order chi connectivity index (χ1) is 3.91. The summed E-state index contributed by atoms with van der Waals surface area (Å²) in [6.07, 6.45) is 9.73. The van der Waals surface area contributed by atoms with Crippen LogP contribution in [0.15, 0.2) is 24.8 Å². The Kier molecular flexibility index (Phi) is 14.2. The van der Waals surface area contributed by atoms with Crippen LogP contribution in [0, 0.1) is 0 Å². The Labute approximate surface area is 68.0 Å². The van der Waals surface area contributed by atoms with E-state index in [2.05, 4.69) is 25.7 Å². The molecule has 0 aliphatic rings. The topological polar surface area (TPSA) is 0 Å². The summed E-state index contributed by atoms with van der Waals surface area (Å²) in [5.41, 5.74) is 0. The summed E-state index contributed by atoms with van der Waals surface area (Å²) >= 11 is 0. The molecule has 0 atom stereocenters. The van der Waals surface area contributed by atoms with Crippen molar-refractivity contribution in [2.75, 3.05) is 0 Å². The third kappa shape index (κ3) is 11.5. The van der Waals surface area contributed by atoms with E-state index in [0.717, 1.165) is 19.3 Å². The van der Waals surface area contributed by atoms with E-state index in [-0.39, 0.29) is 16.5 Å². The molecule has 0 rings (SSSR count). The number of unbranched alkanes of at least 4 members (excludes halogenated alkanes) is 1. The smallest absolute Gasteiger partial charge is 0 e. The fraction of sp³-hybridized carbons (Fsp3) is 0.500. The molecule has 0 saturated heterocycles. The molecule has 0 spiro atoms. The molecule has 0 radical (unpaired) electrons. The van der Waals surface area contributed by atoms with Crippen molar-refractivity contribution in [2.45, 2.75) is 26.2 Å². The van der Waals surface area contributed by atoms with Crippen molar-refractivity contribution >= 4 is 0 Å². The molecular formula is C8H14Ni. The fourth-order valence-corrected chi connectivity index (χ4v) is 0.499. The molecule has 0 aromatic rings. The second-order valence-corrected chi connectivity index (χ2v) is 1.75. The second-order valence-electron chi connectivity index (χ2n) is 1.75. The molecule has 0 aromatic heterocycles. The van der Waals surface area contributed by atoms with Crippen molar-refractivity contribution in [3.05, 3.63) is 24.8 Å². The summed E-state index contributed by atoms with van der Waals surface area (Å²) in [5, 5.41) is 0. The quantitative estimate of drug-likeness (QED) is 0.344. The first kappa shape index (κ1) is 11.7. The maximum Gasteiger partial charge on any atom is 0 e. The van der Waals surface area contributed by atoms with Crippen molar-refractivity contribution in [3.8, 4) is 0 Å². The summed E-state index contributed by atoms with van der Waals surface area (Å²) in [6.45, 7) is 5.77. The van der Waals surface area contributed by atoms with E-state index in [1.807, 2.05) is 6.08 Å². The zero-order valence-electron chi connectivity index (χ0n) is 5.88. The SMILES string of the molecule is C=CCCC=CCC.[Ni]. The van der Waals surface area contributed by atoms with Gasteiger partial charge in [-0.05, 0) is 19.3 Å². The van der Waals surface area contributed by atoms with Crippen LogP contribution in [-0.2, 0) is 16.5 Å². The largest absolute Gasteiger partial charge is 0.103 e. The van der Waals surface area contributed by atoms with Gasteiger partial charge in [0.05, 0.1) is 0 Å². The van der Waals surface area contributed by atoms with Crippen LogP contribution >= 0.6 is 0 Å². The second kappa shape index (κ2) is 10.9. The molecule has 0 unspecified atom stereocenters. The minimum Gasteiger partial charge on any atom is -0.103 e. The summed E-state index contributed by atoms with van der Waals surface area (Å²) in [5.74, 6) is 0. The predicted octanol–water partition coefficient (Wildman–Crippen LogP) is 2.92. The average Bonchev–Trinajstić information content (AvgIpc) is 1.81. The van der Waals surface area contributed by atoms with Crippen LogP contribution in [-0.4, -0.2) is 0 Å². The number of hydrogen-bond acceptors (Lipinski definition) is 0. The van der Waals surface area contributed by atoms with E-state index in [1.165, 1.54) is 0 Å². The van der Waals surface area contributed by atoms with Crippen molar-refractivity contribution in [2.24, 2.45) is 0 Å². The molecule has 1 heteroatoms. The minimum absolute atomic E-state index is 0. The zero-order valence-corrected chi connectivity index (χ0v) is 6.86. The number of rotatable bonds is 4. The molecule has 0 heterocycles. The van der Waals surface area contributed by atoms with E-state index >= 15 is 0 Å². The van der Waals surface area contributed by atoms with Gasteiger partial charge in [0, 0.05) is 16.5 Å². The molecule has 56 valence electrons. The fourth-order valence-electron chi connectivity index (χ4n) is 0.499. The van der Waals surface area contributed by atoms with Gasteiger partial charge in [-0.3, -0.25) is 0 Å². The number of hydrogen-bond donors (Lipinski definition) is 0. The van der Waals surface area contributed by atoms with Crippen LogP contribution in [0.3, 0.4) is 0 Å². The molecule has 0 aliphatic carbocycles. The zero-order chi connectivity index (χ0) is 6.24. The van der Waals surface area contributed by atoms with Crippen LogP contribution in [0.4, 0.5) is 0 Å². The van der Waals surface area contributed by atoms with Crippen LogP contribution < -0.4 is 0 Å². The van der Waals surface area contributed by atoms with E-state index < -0.39 is 0 Å². The molecule has 0 aromatic carbocycles. The van der Waals surface area contributed by atoms with Gasteiger partial charge in [0.2, 0.25) is 0 Å². The van der Waals surface area contributed by atoms with Crippen molar-refractivity contribution < 1.29 is 16.5 Å². The molecule has 0 bridgehead atoms. The Bertz CT molecular complexity index is 74.6. The Hall–Kier alpha value is -0.0265. The van der Waals surface area contributed by atoms with Gasteiger partial charge in [0.1, 0.15) is 0 Å². The van der Waals surface area contributed by atoms with Crippen LogP contribution in [0.1, 0.15) is 26.2 Å². The normalized spacial score (nSPS) is 9.00. The van der Waals surface area contributed by atoms with E-state index in [0.29, 0.717) is 0 Å². The molecular weight excluding hydrogens is 155 g/mol. The standard InChI is InChI=1S/C8H14.Ni/c1-3-5-7-8-6-4-2;/h3,6,8H,1,4-5,7H2,2H3;. The van der Waals surface area contributed by atoms with E-state index in [4.69, 9.17) is 0 Å². The maximum absolute atomic E-state index is 3.62. The Morgan fingerprint density at radius 1 is 1.22 bits per heavy atom. The van der Waals surface area contributed by atoms with Gasteiger partial charge in [-0.15, -0.1) is 6.58 Å². The van der Waals surface area contributed by atoms with Crippen LogP contribution in [0.25, 0.3) is 0 Å². The Balaban J connectivity index is 0. The maximum atomic E-state index is 3.62. The molecule has 0 saturated carbocycles. The third-order valence-corrected chi connectivity index (χ3v) is 0.940. The van der Waals surface area contributed by atoms with Crippen molar-refractivity contribution in [3.63, 3.8) is 0 Å². The first-order valence-electron chi connectivity index (χ1n) is 3.17. The summed E-state index contributed by atoms with van der Waals surface area (Å²) in [4.78, 5) is 0. The Morgan fingerprint density at radius 2 is 1.89 bits per heavy atom. The van der Waals surface area contributed by atoms with Crippen molar-refractivity contribution in [1.82, 2.24) is 0 Å². The van der Waals surface area contributed by atoms with Gasteiger partial charge in [-0.1, -0.05) is 25.2 Å². The summed E-state index contributed by atoms with van der Waals surface area (Å²) in [6, 6.07) is 0. The third-order valence-electron chi connectivity index (χ3n) is 0.940. The molecule has 0 fully saturated rings. The monoisotopic (exact) mass is 168 g/mol. The molecule has 0 N–H and O–H groups in total. The van der Waals surface area contributed by atoms with Gasteiger partial charge >= 0.3 is 0 Å². The molecule has 9 heavy (non-hydrogen) atoms. The van der Waals surface area contributed by atoms with Crippen LogP contribution in [0.2, 0.25) is 0 Å². The summed E-state index contributed by atoms with van der Waals surface area (Å²) in [7, 11) is 0. The minimum atomic E-state index is 0. The predicted molar refractivity (Wildman–Crippen MR) is 38.9 cm³/mol. The average molecular weight is 169 g/mol. The van der Waals surface area contributed by atoms with Gasteiger partial charge in [0.15, 0.2) is 0 Å². The molecule has 0 aliphatic heterocycles. The van der Waals surface area contributed by atoms with E-state index in [9.17, 15) is 0 Å².